The highest BCUT2D eigenvalue weighted by Gasteiger charge is 2.23. The summed E-state index contributed by atoms with van der Waals surface area (Å²) in [4.78, 5) is 18.2. The zero-order valence-corrected chi connectivity index (χ0v) is 10.9. The van der Waals surface area contributed by atoms with Gasteiger partial charge in [-0.2, -0.15) is 0 Å². The van der Waals surface area contributed by atoms with Gasteiger partial charge < -0.3 is 16.4 Å². The maximum atomic E-state index is 11.6. The third kappa shape index (κ3) is 2.46. The summed E-state index contributed by atoms with van der Waals surface area (Å²) < 4.78 is 0. The van der Waals surface area contributed by atoms with E-state index in [9.17, 15) is 4.79 Å². The molecule has 0 bridgehead atoms. The number of hydrogen-bond donors (Lipinski definition) is 2. The fraction of sp³-hybridized carbons (Fsp3) is 0.538. The van der Waals surface area contributed by atoms with Crippen LogP contribution in [-0.2, 0) is 0 Å². The van der Waals surface area contributed by atoms with Gasteiger partial charge in [-0.05, 0) is 38.3 Å². The van der Waals surface area contributed by atoms with Crippen LogP contribution < -0.4 is 16.4 Å². The average Bonchev–Trinajstić information content (AvgIpc) is 2.27. The molecule has 2 heterocycles. The minimum absolute atomic E-state index is 0.141. The molecule has 1 fully saturated rings. The van der Waals surface area contributed by atoms with Gasteiger partial charge in [0.25, 0.3) is 5.91 Å². The Hall–Kier alpha value is -1.62. The van der Waals surface area contributed by atoms with Gasteiger partial charge in [0, 0.05) is 24.8 Å². The van der Waals surface area contributed by atoms with Crippen LogP contribution in [0.25, 0.3) is 0 Å². The highest BCUT2D eigenvalue weighted by molar-refractivity contribution is 5.99. The lowest BCUT2D eigenvalue weighted by Crippen LogP contribution is -2.44. The van der Waals surface area contributed by atoms with E-state index in [-0.39, 0.29) is 6.04 Å². The molecule has 1 saturated heterocycles. The third-order valence-corrected chi connectivity index (χ3v) is 3.33. The van der Waals surface area contributed by atoms with Crippen LogP contribution in [0, 0.1) is 13.8 Å². The van der Waals surface area contributed by atoms with E-state index in [0.717, 1.165) is 37.2 Å². The largest absolute Gasteiger partial charge is 0.365 e. The van der Waals surface area contributed by atoms with Crippen molar-refractivity contribution in [1.29, 1.82) is 0 Å². The smallest absolute Gasteiger partial charge is 0.252 e. The number of aromatic nitrogens is 1. The molecule has 1 aliphatic heterocycles. The molecule has 1 aliphatic rings. The molecule has 0 aliphatic carbocycles. The highest BCUT2D eigenvalue weighted by atomic mass is 16.1. The number of piperidine rings is 1. The Kier molecular flexibility index (Phi) is 3.52. The summed E-state index contributed by atoms with van der Waals surface area (Å²) in [5.74, 6) is 0.268. The number of primary amides is 1. The Morgan fingerprint density at radius 3 is 2.83 bits per heavy atom. The first-order chi connectivity index (χ1) is 8.49. The number of nitrogens with zero attached hydrogens (tertiary/aromatic N) is 2. The zero-order chi connectivity index (χ0) is 13.3. The predicted molar refractivity (Wildman–Crippen MR) is 71.7 cm³/mol. The number of hydrogen-bond acceptors (Lipinski definition) is 4. The third-order valence-electron chi connectivity index (χ3n) is 3.33. The molecule has 18 heavy (non-hydrogen) atoms. The molecule has 0 aromatic carbocycles. The van der Waals surface area contributed by atoms with Crippen LogP contribution in [0.1, 0.15) is 34.5 Å². The minimum Gasteiger partial charge on any atom is -0.365 e. The number of carbonyl (C=O) groups excluding carboxylic acids is 1. The molecular weight excluding hydrogens is 228 g/mol. The van der Waals surface area contributed by atoms with Gasteiger partial charge in [0.15, 0.2) is 0 Å². The lowest BCUT2D eigenvalue weighted by molar-refractivity contribution is 0.0999. The Morgan fingerprint density at radius 2 is 2.22 bits per heavy atom. The Morgan fingerprint density at radius 1 is 1.50 bits per heavy atom. The maximum absolute atomic E-state index is 11.6. The van der Waals surface area contributed by atoms with Crippen molar-refractivity contribution < 1.29 is 4.79 Å². The molecule has 1 aromatic rings. The van der Waals surface area contributed by atoms with E-state index in [1.807, 2.05) is 19.9 Å². The number of rotatable bonds is 2. The molecule has 0 radical (unpaired) electrons. The van der Waals surface area contributed by atoms with Crippen LogP contribution in [0.5, 0.6) is 0 Å². The average molecular weight is 248 g/mol. The summed E-state index contributed by atoms with van der Waals surface area (Å²) in [5, 5.41) is 0. The van der Waals surface area contributed by atoms with Crippen molar-refractivity contribution in [2.45, 2.75) is 32.7 Å². The molecule has 0 saturated carbocycles. The van der Waals surface area contributed by atoms with Crippen LogP contribution in [0.3, 0.4) is 0 Å². The number of amides is 1. The van der Waals surface area contributed by atoms with Crippen molar-refractivity contribution in [2.75, 3.05) is 18.0 Å². The Balaban J connectivity index is 2.44. The summed E-state index contributed by atoms with van der Waals surface area (Å²) in [6, 6.07) is 2.02. The molecule has 1 aromatic heterocycles. The standard InChI is InChI=1S/C13H20N4O/c1-8-6-9(2)16-13(11(8)12(15)18)17-5-3-4-10(14)7-17/h6,10H,3-5,7,14H2,1-2H3,(H2,15,18). The second-order valence-electron chi connectivity index (χ2n) is 4.99. The van der Waals surface area contributed by atoms with E-state index in [4.69, 9.17) is 11.5 Å². The van der Waals surface area contributed by atoms with E-state index in [1.54, 1.807) is 0 Å². The van der Waals surface area contributed by atoms with E-state index in [2.05, 4.69) is 9.88 Å². The van der Waals surface area contributed by atoms with Crippen molar-refractivity contribution in [3.8, 4) is 0 Å². The van der Waals surface area contributed by atoms with Crippen molar-refractivity contribution in [1.82, 2.24) is 4.98 Å². The fourth-order valence-corrected chi connectivity index (χ4v) is 2.55. The zero-order valence-electron chi connectivity index (χ0n) is 10.9. The molecular formula is C13H20N4O. The van der Waals surface area contributed by atoms with Gasteiger partial charge in [-0.15, -0.1) is 0 Å². The molecule has 0 spiro atoms. The summed E-state index contributed by atoms with van der Waals surface area (Å²) in [7, 11) is 0. The van der Waals surface area contributed by atoms with E-state index in [0.29, 0.717) is 11.4 Å². The Labute approximate surface area is 107 Å². The summed E-state index contributed by atoms with van der Waals surface area (Å²) in [6.07, 6.45) is 2.04. The highest BCUT2D eigenvalue weighted by Crippen LogP contribution is 2.24. The molecule has 4 N–H and O–H groups in total. The van der Waals surface area contributed by atoms with Crippen molar-refractivity contribution >= 4 is 11.7 Å². The lowest BCUT2D eigenvalue weighted by atomic mass is 10.0. The molecule has 1 atom stereocenters. The molecule has 5 nitrogen and oxygen atoms in total. The molecule has 2 rings (SSSR count). The van der Waals surface area contributed by atoms with Gasteiger partial charge in [-0.1, -0.05) is 0 Å². The molecule has 1 amide bonds. The summed E-state index contributed by atoms with van der Waals surface area (Å²) >= 11 is 0. The number of pyridine rings is 1. The fourth-order valence-electron chi connectivity index (χ4n) is 2.55. The number of nitrogens with two attached hydrogens (primary N) is 2. The van der Waals surface area contributed by atoms with Crippen molar-refractivity contribution in [3.05, 3.63) is 22.9 Å². The first kappa shape index (κ1) is 12.8. The van der Waals surface area contributed by atoms with E-state index < -0.39 is 5.91 Å². The summed E-state index contributed by atoms with van der Waals surface area (Å²) in [6.45, 7) is 5.42. The quantitative estimate of drug-likeness (QED) is 0.807. The van der Waals surface area contributed by atoms with Gasteiger partial charge in [-0.25, -0.2) is 4.98 Å². The maximum Gasteiger partial charge on any atom is 0.252 e. The lowest BCUT2D eigenvalue weighted by Gasteiger charge is -2.33. The summed E-state index contributed by atoms with van der Waals surface area (Å²) in [5.41, 5.74) is 13.7. The normalized spacial score (nSPS) is 19.9. The van der Waals surface area contributed by atoms with E-state index in [1.165, 1.54) is 0 Å². The van der Waals surface area contributed by atoms with Crippen LogP contribution in [0.2, 0.25) is 0 Å². The monoisotopic (exact) mass is 248 g/mol. The molecule has 1 unspecified atom stereocenters. The van der Waals surface area contributed by atoms with E-state index >= 15 is 0 Å². The molecule has 98 valence electrons. The van der Waals surface area contributed by atoms with Gasteiger partial charge in [0.1, 0.15) is 5.82 Å². The van der Waals surface area contributed by atoms with Crippen molar-refractivity contribution in [3.63, 3.8) is 0 Å². The van der Waals surface area contributed by atoms with Crippen LogP contribution in [0.15, 0.2) is 6.07 Å². The van der Waals surface area contributed by atoms with Crippen molar-refractivity contribution in [2.24, 2.45) is 11.5 Å². The Bertz CT molecular complexity index is 472. The van der Waals surface area contributed by atoms with Crippen LogP contribution in [0.4, 0.5) is 5.82 Å². The second kappa shape index (κ2) is 4.94. The number of anilines is 1. The number of aryl methyl sites for hydroxylation is 2. The van der Waals surface area contributed by atoms with Gasteiger partial charge >= 0.3 is 0 Å². The second-order valence-corrected chi connectivity index (χ2v) is 4.99. The molecule has 5 heteroatoms. The minimum atomic E-state index is -0.422. The van der Waals surface area contributed by atoms with Gasteiger partial charge in [0.2, 0.25) is 0 Å². The first-order valence-corrected chi connectivity index (χ1v) is 6.27. The SMILES string of the molecule is Cc1cc(C)c(C(N)=O)c(N2CCCC(N)C2)n1. The van der Waals surface area contributed by atoms with Crippen LogP contribution in [-0.4, -0.2) is 30.0 Å². The number of carbonyl (C=O) groups is 1. The van der Waals surface area contributed by atoms with Gasteiger partial charge in [-0.3, -0.25) is 4.79 Å². The first-order valence-electron chi connectivity index (χ1n) is 6.27. The topological polar surface area (TPSA) is 85.2 Å². The van der Waals surface area contributed by atoms with Crippen LogP contribution >= 0.6 is 0 Å². The van der Waals surface area contributed by atoms with Gasteiger partial charge in [0.05, 0.1) is 5.56 Å². The predicted octanol–water partition coefficient (Wildman–Crippen LogP) is 0.725.